The van der Waals surface area contributed by atoms with Crippen molar-refractivity contribution in [1.82, 2.24) is 15.2 Å². The number of H-pyrrole nitrogens is 1. The van der Waals surface area contributed by atoms with Gasteiger partial charge in [0.25, 0.3) is 5.91 Å². The molecule has 0 spiro atoms. The molecule has 3 aromatic rings. The van der Waals surface area contributed by atoms with Gasteiger partial charge in [0.1, 0.15) is 5.01 Å². The van der Waals surface area contributed by atoms with Crippen LogP contribution < -0.4 is 4.90 Å². The van der Waals surface area contributed by atoms with Crippen LogP contribution in [0, 0.1) is 6.92 Å². The van der Waals surface area contributed by atoms with E-state index in [1.54, 1.807) is 4.90 Å². The molecule has 0 unspecified atom stereocenters. The molecule has 1 amide bonds. The standard InChI is InChI=1S/C17H13N5OS2/c1-11-20-21-16(24-11)19-17-22(13-7-3-2-4-8-13)15(23)14(25-17)10-12-6-5-9-18-12/h2-10,18H,1H3/b14-10+,19-17+. The number of anilines is 1. The van der Waals surface area contributed by atoms with Crippen molar-refractivity contribution in [1.29, 1.82) is 0 Å². The van der Waals surface area contributed by atoms with Crippen molar-refractivity contribution >= 4 is 51.1 Å². The van der Waals surface area contributed by atoms with Gasteiger partial charge in [0.15, 0.2) is 5.17 Å². The second-order valence-corrected chi connectivity index (χ2v) is 7.38. The van der Waals surface area contributed by atoms with Crippen molar-refractivity contribution in [2.24, 2.45) is 4.99 Å². The lowest BCUT2D eigenvalue weighted by Gasteiger charge is -2.14. The number of nitrogens with zero attached hydrogens (tertiary/aromatic N) is 4. The predicted molar refractivity (Wildman–Crippen MR) is 102 cm³/mol. The van der Waals surface area contributed by atoms with Gasteiger partial charge < -0.3 is 4.98 Å². The average molecular weight is 367 g/mol. The van der Waals surface area contributed by atoms with E-state index in [-0.39, 0.29) is 5.91 Å². The molecular weight excluding hydrogens is 354 g/mol. The third-order valence-electron chi connectivity index (χ3n) is 3.44. The minimum absolute atomic E-state index is 0.106. The van der Waals surface area contributed by atoms with Crippen LogP contribution in [0.4, 0.5) is 10.8 Å². The first-order valence-corrected chi connectivity index (χ1v) is 9.15. The van der Waals surface area contributed by atoms with Crippen LogP contribution in [0.5, 0.6) is 0 Å². The first-order valence-electron chi connectivity index (χ1n) is 7.52. The lowest BCUT2D eigenvalue weighted by Crippen LogP contribution is -2.28. The first-order chi connectivity index (χ1) is 12.2. The highest BCUT2D eigenvalue weighted by atomic mass is 32.2. The number of carbonyl (C=O) groups excluding carboxylic acids is 1. The molecule has 2 aromatic heterocycles. The number of carbonyl (C=O) groups is 1. The number of aromatic nitrogens is 3. The fourth-order valence-corrected chi connectivity index (χ4v) is 3.93. The Morgan fingerprint density at radius 1 is 1.16 bits per heavy atom. The zero-order valence-electron chi connectivity index (χ0n) is 13.2. The second-order valence-electron chi connectivity index (χ2n) is 5.21. The Kier molecular flexibility index (Phi) is 4.21. The number of nitrogens with one attached hydrogen (secondary N) is 1. The molecule has 1 aliphatic rings. The quantitative estimate of drug-likeness (QED) is 0.711. The molecule has 3 heterocycles. The zero-order chi connectivity index (χ0) is 17.2. The first kappa shape index (κ1) is 15.8. The summed E-state index contributed by atoms with van der Waals surface area (Å²) in [5.74, 6) is -0.106. The Hall–Kier alpha value is -2.71. The second kappa shape index (κ2) is 6.66. The van der Waals surface area contributed by atoms with Crippen LogP contribution in [-0.4, -0.2) is 26.3 Å². The van der Waals surface area contributed by atoms with Crippen LogP contribution in [0.2, 0.25) is 0 Å². The summed E-state index contributed by atoms with van der Waals surface area (Å²) in [6, 6.07) is 13.3. The molecule has 1 N–H and O–H groups in total. The van der Waals surface area contributed by atoms with Crippen LogP contribution in [0.3, 0.4) is 0 Å². The molecule has 6 nitrogen and oxygen atoms in total. The monoisotopic (exact) mass is 367 g/mol. The summed E-state index contributed by atoms with van der Waals surface area (Å²) in [7, 11) is 0. The number of para-hydroxylation sites is 1. The van der Waals surface area contributed by atoms with E-state index in [0.29, 0.717) is 15.2 Å². The maximum atomic E-state index is 12.9. The van der Waals surface area contributed by atoms with E-state index >= 15 is 0 Å². The number of rotatable bonds is 3. The highest BCUT2D eigenvalue weighted by Gasteiger charge is 2.35. The minimum atomic E-state index is -0.106. The number of amidine groups is 1. The van der Waals surface area contributed by atoms with Crippen molar-refractivity contribution in [2.45, 2.75) is 6.92 Å². The number of aryl methyl sites for hydroxylation is 1. The summed E-state index contributed by atoms with van der Waals surface area (Å²) in [4.78, 5) is 22.8. The molecule has 1 saturated heterocycles. The van der Waals surface area contributed by atoms with E-state index in [4.69, 9.17) is 0 Å². The Balaban J connectivity index is 1.77. The van der Waals surface area contributed by atoms with Crippen molar-refractivity contribution in [3.63, 3.8) is 0 Å². The molecule has 1 aromatic carbocycles. The summed E-state index contributed by atoms with van der Waals surface area (Å²) >= 11 is 2.72. The van der Waals surface area contributed by atoms with Gasteiger partial charge in [-0.25, -0.2) is 0 Å². The molecule has 8 heteroatoms. The van der Waals surface area contributed by atoms with Gasteiger partial charge in [-0.2, -0.15) is 4.99 Å². The maximum absolute atomic E-state index is 12.9. The van der Waals surface area contributed by atoms with Crippen molar-refractivity contribution < 1.29 is 4.79 Å². The summed E-state index contributed by atoms with van der Waals surface area (Å²) in [6.07, 6.45) is 3.65. The number of benzene rings is 1. The molecule has 0 aliphatic carbocycles. The van der Waals surface area contributed by atoms with Gasteiger partial charge >= 0.3 is 0 Å². The van der Waals surface area contributed by atoms with E-state index in [1.165, 1.54) is 23.1 Å². The van der Waals surface area contributed by atoms with Gasteiger partial charge in [-0.3, -0.25) is 9.69 Å². The summed E-state index contributed by atoms with van der Waals surface area (Å²) in [5, 5.41) is 9.97. The molecule has 0 radical (unpaired) electrons. The summed E-state index contributed by atoms with van der Waals surface area (Å²) in [6.45, 7) is 1.87. The SMILES string of the molecule is Cc1nnc(/N=C2/S/C(=C/c3ccc[nH]3)C(=O)N2c2ccccc2)s1. The topological polar surface area (TPSA) is 74.2 Å². The van der Waals surface area contributed by atoms with E-state index in [2.05, 4.69) is 20.2 Å². The Morgan fingerprint density at radius 2 is 2.00 bits per heavy atom. The number of hydrogen-bond donors (Lipinski definition) is 1. The van der Waals surface area contributed by atoms with Gasteiger partial charge in [-0.1, -0.05) is 29.5 Å². The lowest BCUT2D eigenvalue weighted by molar-refractivity contribution is -0.113. The fraction of sp³-hybridized carbons (Fsp3) is 0.0588. The average Bonchev–Trinajstić information content (AvgIpc) is 3.32. The van der Waals surface area contributed by atoms with Gasteiger partial charge in [-0.15, -0.1) is 10.2 Å². The van der Waals surface area contributed by atoms with Gasteiger partial charge in [0.2, 0.25) is 5.13 Å². The van der Waals surface area contributed by atoms with Crippen molar-refractivity contribution in [3.05, 3.63) is 64.3 Å². The van der Waals surface area contributed by atoms with Gasteiger partial charge in [0, 0.05) is 11.9 Å². The van der Waals surface area contributed by atoms with Crippen LogP contribution in [0.25, 0.3) is 6.08 Å². The predicted octanol–water partition coefficient (Wildman–Crippen LogP) is 3.98. The van der Waals surface area contributed by atoms with E-state index < -0.39 is 0 Å². The number of hydrogen-bond acceptors (Lipinski definition) is 6. The number of aromatic amines is 1. The fourth-order valence-electron chi connectivity index (χ4n) is 2.34. The molecule has 25 heavy (non-hydrogen) atoms. The molecule has 124 valence electrons. The third-order valence-corrected chi connectivity index (χ3v) is 5.14. The van der Waals surface area contributed by atoms with Crippen molar-refractivity contribution in [3.8, 4) is 0 Å². The number of aliphatic imine (C=N–C) groups is 1. The molecule has 0 saturated carbocycles. The largest absolute Gasteiger partial charge is 0.362 e. The Bertz CT molecular complexity index is 960. The minimum Gasteiger partial charge on any atom is -0.362 e. The molecule has 1 aliphatic heterocycles. The number of amides is 1. The normalized spacial score (nSPS) is 17.8. The summed E-state index contributed by atoms with van der Waals surface area (Å²) < 4.78 is 0. The van der Waals surface area contributed by atoms with Crippen LogP contribution >= 0.6 is 23.1 Å². The van der Waals surface area contributed by atoms with Crippen LogP contribution in [0.15, 0.2) is 58.6 Å². The van der Waals surface area contributed by atoms with E-state index in [1.807, 2.05) is 61.7 Å². The number of thioether (sulfide) groups is 1. The van der Waals surface area contributed by atoms with Gasteiger partial charge in [-0.05, 0) is 49.0 Å². The van der Waals surface area contributed by atoms with Crippen LogP contribution in [-0.2, 0) is 4.79 Å². The Morgan fingerprint density at radius 3 is 2.68 bits per heavy atom. The Labute approximate surface area is 152 Å². The maximum Gasteiger partial charge on any atom is 0.271 e. The molecule has 0 atom stereocenters. The van der Waals surface area contributed by atoms with Gasteiger partial charge in [0.05, 0.1) is 10.6 Å². The molecular formula is C17H13N5OS2. The summed E-state index contributed by atoms with van der Waals surface area (Å²) in [5.41, 5.74) is 1.65. The van der Waals surface area contributed by atoms with Crippen LogP contribution in [0.1, 0.15) is 10.7 Å². The van der Waals surface area contributed by atoms with E-state index in [9.17, 15) is 4.79 Å². The smallest absolute Gasteiger partial charge is 0.271 e. The highest BCUT2D eigenvalue weighted by Crippen LogP contribution is 2.37. The molecule has 4 rings (SSSR count). The van der Waals surface area contributed by atoms with E-state index in [0.717, 1.165) is 16.4 Å². The molecule has 1 fully saturated rings. The van der Waals surface area contributed by atoms with Crippen molar-refractivity contribution in [2.75, 3.05) is 4.90 Å². The lowest BCUT2D eigenvalue weighted by atomic mass is 10.3. The third kappa shape index (κ3) is 3.26. The molecule has 0 bridgehead atoms. The zero-order valence-corrected chi connectivity index (χ0v) is 14.8. The highest BCUT2D eigenvalue weighted by molar-refractivity contribution is 8.19.